The van der Waals surface area contributed by atoms with E-state index in [2.05, 4.69) is 12.2 Å². The minimum atomic E-state index is 0.0635. The number of nitrogens with two attached hydrogens (primary N) is 1. The summed E-state index contributed by atoms with van der Waals surface area (Å²) in [7, 11) is 0. The number of hydrogen-bond acceptors (Lipinski definition) is 2. The molecule has 3 nitrogen and oxygen atoms in total. The monoisotopic (exact) mass is 296 g/mol. The minimum absolute atomic E-state index is 0.0635. The van der Waals surface area contributed by atoms with Crippen molar-refractivity contribution in [2.24, 2.45) is 11.7 Å². The van der Waals surface area contributed by atoms with Crippen LogP contribution in [0.1, 0.15) is 44.6 Å². The molecule has 0 radical (unpaired) electrons. The molecule has 3 N–H and O–H groups in total. The Morgan fingerprint density at radius 1 is 1.35 bits per heavy atom. The fraction of sp³-hybridized carbons (Fsp3) is 0.562. The lowest BCUT2D eigenvalue weighted by Gasteiger charge is -2.15. The van der Waals surface area contributed by atoms with Crippen molar-refractivity contribution in [1.29, 1.82) is 0 Å². The third-order valence-corrected chi connectivity index (χ3v) is 3.75. The van der Waals surface area contributed by atoms with Gasteiger partial charge < -0.3 is 11.1 Å². The van der Waals surface area contributed by atoms with Gasteiger partial charge in [-0.15, -0.1) is 0 Å². The lowest BCUT2D eigenvalue weighted by atomic mass is 9.94. The smallest absolute Gasteiger partial charge is 0.224 e. The van der Waals surface area contributed by atoms with Crippen molar-refractivity contribution in [3.05, 3.63) is 28.8 Å². The van der Waals surface area contributed by atoms with E-state index in [9.17, 15) is 4.79 Å². The van der Waals surface area contributed by atoms with E-state index in [1.54, 1.807) is 6.07 Å². The molecule has 1 rings (SSSR count). The SMILES string of the molecule is CCCC(CCN)CCC(=O)Nc1ccc(Cl)cc1C. The van der Waals surface area contributed by atoms with Crippen LogP contribution in [0.25, 0.3) is 0 Å². The van der Waals surface area contributed by atoms with E-state index in [0.29, 0.717) is 23.9 Å². The van der Waals surface area contributed by atoms with Gasteiger partial charge in [0.2, 0.25) is 5.91 Å². The molecule has 0 bridgehead atoms. The Labute approximate surface area is 126 Å². The summed E-state index contributed by atoms with van der Waals surface area (Å²) in [6.07, 6.45) is 4.74. The van der Waals surface area contributed by atoms with Crippen molar-refractivity contribution >= 4 is 23.2 Å². The van der Waals surface area contributed by atoms with E-state index in [-0.39, 0.29) is 5.91 Å². The van der Waals surface area contributed by atoms with Gasteiger partial charge in [0.15, 0.2) is 0 Å². The van der Waals surface area contributed by atoms with Crippen LogP contribution in [0.3, 0.4) is 0 Å². The third-order valence-electron chi connectivity index (χ3n) is 3.51. The van der Waals surface area contributed by atoms with Gasteiger partial charge in [-0.3, -0.25) is 4.79 Å². The average Bonchev–Trinajstić information content (AvgIpc) is 2.40. The number of carbonyl (C=O) groups excluding carboxylic acids is 1. The van der Waals surface area contributed by atoms with Crippen LogP contribution in [0, 0.1) is 12.8 Å². The molecule has 112 valence electrons. The van der Waals surface area contributed by atoms with Crippen molar-refractivity contribution in [2.75, 3.05) is 11.9 Å². The molecule has 0 spiro atoms. The van der Waals surface area contributed by atoms with Crippen LogP contribution in [0.5, 0.6) is 0 Å². The first-order chi connectivity index (χ1) is 9.56. The Morgan fingerprint density at radius 2 is 2.10 bits per heavy atom. The van der Waals surface area contributed by atoms with Crippen LogP contribution in [0.4, 0.5) is 5.69 Å². The fourth-order valence-corrected chi connectivity index (χ4v) is 2.62. The van der Waals surface area contributed by atoms with Gasteiger partial charge in [-0.25, -0.2) is 0 Å². The molecule has 0 heterocycles. The first kappa shape index (κ1) is 17.0. The molecule has 0 aliphatic heterocycles. The van der Waals surface area contributed by atoms with Gasteiger partial charge in [0.1, 0.15) is 0 Å². The van der Waals surface area contributed by atoms with Crippen molar-refractivity contribution < 1.29 is 4.79 Å². The van der Waals surface area contributed by atoms with Crippen molar-refractivity contribution in [2.45, 2.75) is 46.0 Å². The first-order valence-electron chi connectivity index (χ1n) is 7.32. The highest BCUT2D eigenvalue weighted by Gasteiger charge is 2.11. The standard InChI is InChI=1S/C16H25ClN2O/c1-3-4-13(9-10-18)5-8-16(20)19-15-7-6-14(17)11-12(15)2/h6-7,11,13H,3-5,8-10,18H2,1-2H3,(H,19,20). The third kappa shape index (κ3) is 5.93. The fourth-order valence-electron chi connectivity index (χ4n) is 2.39. The average molecular weight is 297 g/mol. The zero-order valence-electron chi connectivity index (χ0n) is 12.4. The van der Waals surface area contributed by atoms with Gasteiger partial charge in [-0.2, -0.15) is 0 Å². The number of rotatable bonds is 8. The van der Waals surface area contributed by atoms with Crippen LogP contribution in [-0.2, 0) is 4.79 Å². The Bertz CT molecular complexity index is 428. The second-order valence-electron chi connectivity index (χ2n) is 5.28. The van der Waals surface area contributed by atoms with Gasteiger partial charge in [0.25, 0.3) is 0 Å². The second kappa shape index (κ2) is 8.98. The maximum absolute atomic E-state index is 12.0. The van der Waals surface area contributed by atoms with Gasteiger partial charge in [0, 0.05) is 17.1 Å². The van der Waals surface area contributed by atoms with E-state index in [1.165, 1.54) is 0 Å². The van der Waals surface area contributed by atoms with E-state index in [4.69, 9.17) is 17.3 Å². The molecule has 0 fully saturated rings. The van der Waals surface area contributed by atoms with Gasteiger partial charge in [-0.05, 0) is 56.0 Å². The summed E-state index contributed by atoms with van der Waals surface area (Å²) in [4.78, 5) is 12.0. The summed E-state index contributed by atoms with van der Waals surface area (Å²) in [5.74, 6) is 0.621. The molecule has 1 atom stereocenters. The number of hydrogen-bond donors (Lipinski definition) is 2. The largest absolute Gasteiger partial charge is 0.330 e. The maximum Gasteiger partial charge on any atom is 0.224 e. The number of carbonyl (C=O) groups is 1. The topological polar surface area (TPSA) is 55.1 Å². The number of aryl methyl sites for hydroxylation is 1. The normalized spacial score (nSPS) is 12.2. The summed E-state index contributed by atoms with van der Waals surface area (Å²) in [6.45, 7) is 4.80. The molecule has 1 aromatic carbocycles. The van der Waals surface area contributed by atoms with E-state index < -0.39 is 0 Å². The lowest BCUT2D eigenvalue weighted by Crippen LogP contribution is -2.15. The summed E-state index contributed by atoms with van der Waals surface area (Å²) in [5, 5.41) is 3.63. The molecule has 1 amide bonds. The van der Waals surface area contributed by atoms with Gasteiger partial charge >= 0.3 is 0 Å². The number of benzene rings is 1. The number of nitrogens with one attached hydrogen (secondary N) is 1. The summed E-state index contributed by atoms with van der Waals surface area (Å²) >= 11 is 5.90. The van der Waals surface area contributed by atoms with Crippen LogP contribution in [0.15, 0.2) is 18.2 Å². The Kier molecular flexibility index (Phi) is 7.63. The molecule has 1 aromatic rings. The highest BCUT2D eigenvalue weighted by molar-refractivity contribution is 6.30. The van der Waals surface area contributed by atoms with Crippen molar-refractivity contribution in [3.63, 3.8) is 0 Å². The number of anilines is 1. The molecule has 0 aliphatic rings. The zero-order chi connectivity index (χ0) is 15.0. The van der Waals surface area contributed by atoms with E-state index in [1.807, 2.05) is 19.1 Å². The molecule has 20 heavy (non-hydrogen) atoms. The molecule has 1 unspecified atom stereocenters. The summed E-state index contributed by atoms with van der Waals surface area (Å²) in [5.41, 5.74) is 7.43. The highest BCUT2D eigenvalue weighted by Crippen LogP contribution is 2.21. The highest BCUT2D eigenvalue weighted by atomic mass is 35.5. The predicted octanol–water partition coefficient (Wildman–Crippen LogP) is 4.13. The second-order valence-corrected chi connectivity index (χ2v) is 5.71. The summed E-state index contributed by atoms with van der Waals surface area (Å²) < 4.78 is 0. The Balaban J connectivity index is 2.46. The van der Waals surface area contributed by atoms with Crippen LogP contribution in [0.2, 0.25) is 5.02 Å². The van der Waals surface area contributed by atoms with E-state index in [0.717, 1.165) is 36.9 Å². The zero-order valence-corrected chi connectivity index (χ0v) is 13.2. The van der Waals surface area contributed by atoms with Crippen molar-refractivity contribution in [3.8, 4) is 0 Å². The van der Waals surface area contributed by atoms with Crippen LogP contribution >= 0.6 is 11.6 Å². The molecule has 0 aliphatic carbocycles. The first-order valence-corrected chi connectivity index (χ1v) is 7.70. The van der Waals surface area contributed by atoms with Crippen LogP contribution < -0.4 is 11.1 Å². The van der Waals surface area contributed by atoms with Gasteiger partial charge in [-0.1, -0.05) is 31.4 Å². The van der Waals surface area contributed by atoms with Crippen molar-refractivity contribution in [1.82, 2.24) is 0 Å². The molecular weight excluding hydrogens is 272 g/mol. The number of amides is 1. The van der Waals surface area contributed by atoms with Crippen LogP contribution in [-0.4, -0.2) is 12.5 Å². The molecule has 0 aromatic heterocycles. The number of halogens is 1. The minimum Gasteiger partial charge on any atom is -0.330 e. The lowest BCUT2D eigenvalue weighted by molar-refractivity contribution is -0.116. The van der Waals surface area contributed by atoms with Gasteiger partial charge in [0.05, 0.1) is 0 Å². The summed E-state index contributed by atoms with van der Waals surface area (Å²) in [6, 6.07) is 5.49. The molecule has 0 saturated carbocycles. The Morgan fingerprint density at radius 3 is 2.70 bits per heavy atom. The quantitative estimate of drug-likeness (QED) is 0.758. The molecule has 0 saturated heterocycles. The predicted molar refractivity (Wildman–Crippen MR) is 86.1 cm³/mol. The van der Waals surface area contributed by atoms with E-state index >= 15 is 0 Å². The molecule has 4 heteroatoms. The Hall–Kier alpha value is -1.06. The molecular formula is C16H25ClN2O. The maximum atomic E-state index is 12.0.